The van der Waals surface area contributed by atoms with Crippen LogP contribution in [0.3, 0.4) is 0 Å². The molecule has 216 valence electrons. The zero-order valence-electron chi connectivity index (χ0n) is 20.8. The fourth-order valence-corrected chi connectivity index (χ4v) is 5.10. The fraction of sp³-hybridized carbons (Fsp3) is 0.0769. The number of hydrogen-bond donors (Lipinski definition) is 1. The molecule has 0 saturated carbocycles. The molecule has 1 heterocycles. The number of barbiturate groups is 1. The van der Waals surface area contributed by atoms with Gasteiger partial charge in [-0.1, -0.05) is 0 Å². The second-order valence-electron chi connectivity index (χ2n) is 8.35. The van der Waals surface area contributed by atoms with E-state index in [9.17, 15) is 42.5 Å². The molecule has 1 N–H and O–H groups in total. The number of urea groups is 1. The lowest BCUT2D eigenvalue weighted by atomic mass is 10.1. The first kappa shape index (κ1) is 30.4. The molecule has 11 nitrogen and oxygen atoms in total. The number of esters is 1. The molecule has 0 unspecified atom stereocenters. The van der Waals surface area contributed by atoms with E-state index in [1.54, 1.807) is 0 Å². The normalized spacial score (nSPS) is 14.6. The number of carbonyl (C=O) groups excluding carboxylic acids is 4. The van der Waals surface area contributed by atoms with E-state index >= 15 is 0 Å². The van der Waals surface area contributed by atoms with Crippen LogP contribution in [0.15, 0.2) is 69.1 Å². The molecule has 1 aliphatic rings. The molecule has 1 saturated heterocycles. The highest BCUT2D eigenvalue weighted by atomic mass is 79.9. The Morgan fingerprint density at radius 3 is 2.19 bits per heavy atom. The summed E-state index contributed by atoms with van der Waals surface area (Å²) in [6, 6.07) is 8.80. The summed E-state index contributed by atoms with van der Waals surface area (Å²) in [6.45, 7) is 0. The number of methoxy groups -OCH3 is 1. The number of nitrogens with one attached hydrogen (secondary N) is 1. The second kappa shape index (κ2) is 11.7. The Morgan fingerprint density at radius 2 is 1.64 bits per heavy atom. The maximum Gasteiger partial charge on any atom is 0.416 e. The van der Waals surface area contributed by atoms with Crippen LogP contribution in [0.25, 0.3) is 6.08 Å². The number of carbonyl (C=O) groups is 4. The molecule has 0 aromatic heterocycles. The van der Waals surface area contributed by atoms with E-state index in [0.717, 1.165) is 6.07 Å². The molecule has 0 spiro atoms. The Morgan fingerprint density at radius 1 is 1.02 bits per heavy atom. The lowest BCUT2D eigenvalue weighted by Gasteiger charge is -2.26. The van der Waals surface area contributed by atoms with Gasteiger partial charge in [-0.25, -0.2) is 14.5 Å². The van der Waals surface area contributed by atoms with E-state index in [0.29, 0.717) is 17.0 Å². The van der Waals surface area contributed by atoms with Crippen molar-refractivity contribution in [3.8, 4) is 11.5 Å². The third-order valence-corrected chi connectivity index (χ3v) is 6.85. The van der Waals surface area contributed by atoms with Crippen molar-refractivity contribution < 1.29 is 46.7 Å². The first-order valence-corrected chi connectivity index (χ1v) is 12.9. The van der Waals surface area contributed by atoms with E-state index in [1.807, 2.05) is 0 Å². The van der Waals surface area contributed by atoms with Gasteiger partial charge in [-0.3, -0.25) is 25.0 Å². The van der Waals surface area contributed by atoms with Gasteiger partial charge in [-0.15, -0.1) is 0 Å². The van der Waals surface area contributed by atoms with Crippen LogP contribution in [-0.2, 0) is 20.5 Å². The van der Waals surface area contributed by atoms with Gasteiger partial charge in [-0.2, -0.15) is 13.2 Å². The molecule has 0 aliphatic carbocycles. The summed E-state index contributed by atoms with van der Waals surface area (Å²) in [4.78, 5) is 61.0. The van der Waals surface area contributed by atoms with Crippen molar-refractivity contribution in [2.45, 2.75) is 6.18 Å². The van der Waals surface area contributed by atoms with E-state index in [4.69, 9.17) is 4.74 Å². The fourth-order valence-electron chi connectivity index (χ4n) is 3.72. The van der Waals surface area contributed by atoms with Crippen molar-refractivity contribution in [1.82, 2.24) is 5.32 Å². The predicted molar refractivity (Wildman–Crippen MR) is 147 cm³/mol. The largest absolute Gasteiger partial charge is 0.465 e. The SMILES string of the molecule is COC(=O)c1ccc(N2C(=O)NC(=O)/C(=C\c3cc(Br)c(Oc4ccc(C(F)(F)F)cc4[N+](=O)[O-])c(Br)c3)C2=O)cc1. The summed E-state index contributed by atoms with van der Waals surface area (Å²) < 4.78 is 49.6. The number of ether oxygens (including phenoxy) is 2. The molecule has 4 rings (SSSR count). The molecule has 0 radical (unpaired) electrons. The summed E-state index contributed by atoms with van der Waals surface area (Å²) >= 11 is 6.44. The molecule has 16 heteroatoms. The molecule has 1 fully saturated rings. The molecular formula is C26H14Br2F3N3O8. The lowest BCUT2D eigenvalue weighted by Crippen LogP contribution is -2.54. The molecule has 3 aromatic carbocycles. The van der Waals surface area contributed by atoms with Gasteiger partial charge in [0.25, 0.3) is 11.8 Å². The number of nitro benzene ring substituents is 1. The number of alkyl halides is 3. The smallest absolute Gasteiger partial charge is 0.416 e. The van der Waals surface area contributed by atoms with E-state index in [-0.39, 0.29) is 31.5 Å². The van der Waals surface area contributed by atoms with Crippen molar-refractivity contribution in [3.63, 3.8) is 0 Å². The van der Waals surface area contributed by atoms with Gasteiger partial charge in [0.05, 0.1) is 37.8 Å². The van der Waals surface area contributed by atoms with Gasteiger partial charge in [0, 0.05) is 6.07 Å². The van der Waals surface area contributed by atoms with Crippen molar-refractivity contribution in [3.05, 3.63) is 95.9 Å². The summed E-state index contributed by atoms with van der Waals surface area (Å²) in [5.74, 6) is -3.12. The molecule has 42 heavy (non-hydrogen) atoms. The number of anilines is 1. The van der Waals surface area contributed by atoms with Gasteiger partial charge < -0.3 is 9.47 Å². The third kappa shape index (κ3) is 6.18. The summed E-state index contributed by atoms with van der Waals surface area (Å²) in [5, 5.41) is 13.5. The third-order valence-electron chi connectivity index (χ3n) is 5.67. The first-order chi connectivity index (χ1) is 19.7. The second-order valence-corrected chi connectivity index (χ2v) is 10.1. The summed E-state index contributed by atoms with van der Waals surface area (Å²) in [5.41, 5.74) is -2.13. The van der Waals surface area contributed by atoms with Crippen LogP contribution >= 0.6 is 31.9 Å². The Balaban J connectivity index is 1.66. The Kier molecular flexibility index (Phi) is 8.49. The number of benzene rings is 3. The monoisotopic (exact) mass is 711 g/mol. The Labute approximate surface area is 250 Å². The number of halogens is 5. The molecule has 0 atom stereocenters. The van der Waals surface area contributed by atoms with Gasteiger partial charge in [0.2, 0.25) is 5.75 Å². The Bertz CT molecular complexity index is 1670. The molecule has 4 amide bonds. The highest BCUT2D eigenvalue weighted by Gasteiger charge is 2.37. The minimum absolute atomic E-state index is 0.0538. The van der Waals surface area contributed by atoms with Crippen LogP contribution < -0.4 is 15.0 Å². The van der Waals surface area contributed by atoms with Gasteiger partial charge in [0.1, 0.15) is 5.57 Å². The quantitative estimate of drug-likeness (QED) is 0.102. The average molecular weight is 713 g/mol. The summed E-state index contributed by atoms with van der Waals surface area (Å²) in [6.07, 6.45) is -3.64. The van der Waals surface area contributed by atoms with Gasteiger partial charge in [0.15, 0.2) is 5.75 Å². The van der Waals surface area contributed by atoms with E-state index in [1.165, 1.54) is 49.6 Å². The molecule has 1 aliphatic heterocycles. The van der Waals surface area contributed by atoms with Crippen LogP contribution in [0.1, 0.15) is 21.5 Å². The van der Waals surface area contributed by atoms with Crippen LogP contribution in [0.5, 0.6) is 11.5 Å². The number of nitrogens with zero attached hydrogens (tertiary/aromatic N) is 2. The molecule has 3 aromatic rings. The zero-order chi connectivity index (χ0) is 30.9. The van der Waals surface area contributed by atoms with E-state index < -0.39 is 57.5 Å². The zero-order valence-corrected chi connectivity index (χ0v) is 24.0. The van der Waals surface area contributed by atoms with Crippen molar-refractivity contribution in [2.75, 3.05) is 12.0 Å². The number of rotatable bonds is 6. The van der Waals surface area contributed by atoms with Crippen LogP contribution in [-0.4, -0.2) is 35.8 Å². The first-order valence-electron chi connectivity index (χ1n) is 11.3. The van der Waals surface area contributed by atoms with Crippen LogP contribution in [0, 0.1) is 10.1 Å². The number of hydrogen-bond acceptors (Lipinski definition) is 8. The predicted octanol–water partition coefficient (Wildman–Crippen LogP) is 6.38. The van der Waals surface area contributed by atoms with Crippen LogP contribution in [0.2, 0.25) is 0 Å². The van der Waals surface area contributed by atoms with Crippen molar-refractivity contribution in [1.29, 1.82) is 0 Å². The van der Waals surface area contributed by atoms with Crippen molar-refractivity contribution >= 4 is 73.1 Å². The summed E-state index contributed by atoms with van der Waals surface area (Å²) in [7, 11) is 1.19. The average Bonchev–Trinajstić information content (AvgIpc) is 2.92. The van der Waals surface area contributed by atoms with Gasteiger partial charge >= 0.3 is 23.9 Å². The standard InChI is InChI=1S/C26H14Br2F3N3O8/c1-41-24(37)13-2-5-15(6-3-13)33-23(36)16(22(35)32-25(33)38)8-12-9-17(27)21(18(28)10-12)42-20-7-4-14(26(29,30)31)11-19(20)34(39)40/h2-11H,1H3,(H,32,35,38)/b16-8+. The number of imide groups is 2. The maximum atomic E-state index is 13.2. The Hall–Kier alpha value is -4.57. The van der Waals surface area contributed by atoms with Crippen molar-refractivity contribution in [2.24, 2.45) is 0 Å². The molecule has 0 bridgehead atoms. The van der Waals surface area contributed by atoms with Crippen LogP contribution in [0.4, 0.5) is 29.3 Å². The highest BCUT2D eigenvalue weighted by Crippen LogP contribution is 2.43. The minimum Gasteiger partial charge on any atom is -0.465 e. The molecular weight excluding hydrogens is 699 g/mol. The topological polar surface area (TPSA) is 145 Å². The number of nitro groups is 1. The number of amides is 4. The highest BCUT2D eigenvalue weighted by molar-refractivity contribution is 9.11. The minimum atomic E-state index is -4.81. The van der Waals surface area contributed by atoms with E-state index in [2.05, 4.69) is 41.9 Å². The van der Waals surface area contributed by atoms with Gasteiger partial charge in [-0.05, 0) is 92.0 Å². The maximum absolute atomic E-state index is 13.2. The lowest BCUT2D eigenvalue weighted by molar-refractivity contribution is -0.385.